The summed E-state index contributed by atoms with van der Waals surface area (Å²) in [5, 5.41) is 9.47. The number of aromatic nitrogens is 1. The van der Waals surface area contributed by atoms with Gasteiger partial charge in [0.05, 0.1) is 5.69 Å². The minimum absolute atomic E-state index is 0.144. The van der Waals surface area contributed by atoms with E-state index >= 15 is 0 Å². The highest BCUT2D eigenvalue weighted by molar-refractivity contribution is 6.06. The molecule has 2 aromatic rings. The molecule has 5 nitrogen and oxygen atoms in total. The van der Waals surface area contributed by atoms with Crippen LogP contribution >= 0.6 is 0 Å². The fourth-order valence-corrected chi connectivity index (χ4v) is 2.15. The van der Waals surface area contributed by atoms with Crippen molar-refractivity contribution in [1.82, 2.24) is 4.98 Å². The molecular weight excluding hydrogens is 267 g/mol. The second-order valence-electron chi connectivity index (χ2n) is 4.82. The number of nitriles is 1. The third-order valence-electron chi connectivity index (χ3n) is 3.48. The summed E-state index contributed by atoms with van der Waals surface area (Å²) in [7, 11) is 5.37. The normalized spacial score (nSPS) is 12.0. The summed E-state index contributed by atoms with van der Waals surface area (Å²) in [6, 6.07) is 2.06. The largest absolute Gasteiger partial charge is 0.564 e. The highest BCUT2D eigenvalue weighted by Gasteiger charge is 2.23. The molecule has 0 spiro atoms. The molecule has 0 unspecified atom stereocenters. The summed E-state index contributed by atoms with van der Waals surface area (Å²) in [6.45, 7) is 9.12. The van der Waals surface area contributed by atoms with Gasteiger partial charge in [0.15, 0.2) is 23.2 Å². The molecule has 0 N–H and O–H groups in total. The van der Waals surface area contributed by atoms with Crippen LogP contribution in [-0.4, -0.2) is 13.0 Å². The lowest BCUT2D eigenvalue weighted by atomic mass is 10.1. The molecule has 0 fully saturated rings. The molecule has 0 saturated heterocycles. The summed E-state index contributed by atoms with van der Waals surface area (Å²) in [6.07, 6.45) is 0. The van der Waals surface area contributed by atoms with Crippen molar-refractivity contribution < 1.29 is 13.5 Å². The number of hydrogen-bond donors (Lipinski definition) is 0. The van der Waals surface area contributed by atoms with Crippen molar-refractivity contribution in [1.29, 1.82) is 5.26 Å². The maximum atomic E-state index is 9.47. The summed E-state index contributed by atoms with van der Waals surface area (Å²) < 4.78 is 16.1. The first kappa shape index (κ1) is 15.0. The summed E-state index contributed by atoms with van der Waals surface area (Å²) >= 11 is 0. The smallest absolute Gasteiger partial charge is 0.374 e. The fraction of sp³-hybridized carbons (Fsp3) is 0.333. The van der Waals surface area contributed by atoms with Crippen LogP contribution < -0.4 is 0 Å². The van der Waals surface area contributed by atoms with E-state index in [1.54, 1.807) is 13.8 Å². The zero-order valence-corrected chi connectivity index (χ0v) is 12.7. The van der Waals surface area contributed by atoms with Gasteiger partial charge in [-0.05, 0) is 33.3 Å². The van der Waals surface area contributed by atoms with E-state index in [-0.39, 0.29) is 11.3 Å². The van der Waals surface area contributed by atoms with Crippen molar-refractivity contribution in [3.8, 4) is 6.07 Å². The van der Waals surface area contributed by atoms with Crippen LogP contribution in [0, 0.1) is 45.9 Å². The number of hydrogen-bond acceptors (Lipinski definition) is 5. The number of furan rings is 1. The Morgan fingerprint density at radius 3 is 2.14 bits per heavy atom. The maximum Gasteiger partial charge on any atom is 0.374 e. The van der Waals surface area contributed by atoms with E-state index < -0.39 is 0 Å². The van der Waals surface area contributed by atoms with Crippen molar-refractivity contribution in [3.63, 3.8) is 0 Å². The average Bonchev–Trinajstić information content (AvgIpc) is 2.90. The van der Waals surface area contributed by atoms with E-state index in [4.69, 9.17) is 21.5 Å². The molecule has 0 aliphatic carbocycles. The Morgan fingerprint density at radius 1 is 1.10 bits per heavy atom. The van der Waals surface area contributed by atoms with Crippen molar-refractivity contribution in [2.45, 2.75) is 34.6 Å². The molecule has 0 atom stereocenters. The number of aryl methyl sites for hydroxylation is 3. The number of nitrogens with zero attached hydrogens (tertiary/aromatic N) is 2. The Kier molecular flexibility index (Phi) is 3.94. The molecule has 2 rings (SSSR count). The van der Waals surface area contributed by atoms with Gasteiger partial charge in [0.25, 0.3) is 0 Å². The number of rotatable bonds is 3. The highest BCUT2D eigenvalue weighted by atomic mass is 16.4. The Bertz CT molecular complexity index is 763. The molecule has 2 heterocycles. The lowest BCUT2D eigenvalue weighted by Crippen LogP contribution is -1.95. The van der Waals surface area contributed by atoms with E-state index in [2.05, 4.69) is 11.1 Å². The standard InChI is InChI=1S/C15H15BN2O3/c1-7-8(2)13(19-10(7)4)15(21-16)12(6-17)14-9(3)18-11(5)20-14/h1-5H3. The van der Waals surface area contributed by atoms with Gasteiger partial charge in [0.1, 0.15) is 17.4 Å². The lowest BCUT2D eigenvalue weighted by molar-refractivity contribution is 0.470. The van der Waals surface area contributed by atoms with Crippen LogP contribution in [0.4, 0.5) is 0 Å². The zero-order valence-electron chi connectivity index (χ0n) is 12.7. The molecule has 2 aromatic heterocycles. The van der Waals surface area contributed by atoms with Crippen molar-refractivity contribution in [3.05, 3.63) is 40.0 Å². The van der Waals surface area contributed by atoms with Crippen LogP contribution in [-0.2, 0) is 4.65 Å². The van der Waals surface area contributed by atoms with E-state index in [0.29, 0.717) is 23.1 Å². The second kappa shape index (κ2) is 5.53. The first-order valence-electron chi connectivity index (χ1n) is 6.43. The van der Waals surface area contributed by atoms with Crippen LogP contribution in [0.3, 0.4) is 0 Å². The van der Waals surface area contributed by atoms with E-state index in [0.717, 1.165) is 16.9 Å². The molecule has 106 valence electrons. The van der Waals surface area contributed by atoms with Crippen molar-refractivity contribution in [2.75, 3.05) is 0 Å². The highest BCUT2D eigenvalue weighted by Crippen LogP contribution is 2.33. The Hall–Kier alpha value is -2.42. The molecule has 2 radical (unpaired) electrons. The summed E-state index contributed by atoms with van der Waals surface area (Å²) in [5.41, 5.74) is 2.61. The predicted molar refractivity (Wildman–Crippen MR) is 78.2 cm³/mol. The first-order chi connectivity index (χ1) is 9.90. The lowest BCUT2D eigenvalue weighted by Gasteiger charge is -2.07. The molecule has 6 heteroatoms. The van der Waals surface area contributed by atoms with Gasteiger partial charge in [-0.15, -0.1) is 0 Å². The predicted octanol–water partition coefficient (Wildman–Crippen LogP) is 3.30. The average molecular weight is 282 g/mol. The molecule has 0 bridgehead atoms. The van der Waals surface area contributed by atoms with Gasteiger partial charge in [-0.3, -0.25) is 0 Å². The van der Waals surface area contributed by atoms with Crippen molar-refractivity contribution >= 4 is 19.4 Å². The molecule has 0 aromatic carbocycles. The minimum Gasteiger partial charge on any atom is -0.564 e. The van der Waals surface area contributed by atoms with Gasteiger partial charge < -0.3 is 13.5 Å². The first-order valence-corrected chi connectivity index (χ1v) is 6.43. The molecular formula is C15H15BN2O3. The minimum atomic E-state index is 0.144. The molecule has 21 heavy (non-hydrogen) atoms. The Labute approximate surface area is 124 Å². The molecule has 0 aliphatic rings. The summed E-state index contributed by atoms with van der Waals surface area (Å²) in [4.78, 5) is 4.16. The molecule has 0 saturated carbocycles. The van der Waals surface area contributed by atoms with Crippen LogP contribution in [0.5, 0.6) is 0 Å². The van der Waals surface area contributed by atoms with E-state index in [1.807, 2.05) is 20.8 Å². The van der Waals surface area contributed by atoms with Gasteiger partial charge in [-0.25, -0.2) is 4.98 Å². The maximum absolute atomic E-state index is 9.47. The van der Waals surface area contributed by atoms with Gasteiger partial charge in [-0.1, -0.05) is 0 Å². The Morgan fingerprint density at radius 2 is 1.76 bits per heavy atom. The third kappa shape index (κ3) is 2.47. The van der Waals surface area contributed by atoms with Gasteiger partial charge in [0.2, 0.25) is 0 Å². The van der Waals surface area contributed by atoms with Crippen LogP contribution in [0.15, 0.2) is 8.83 Å². The number of allylic oxidation sites excluding steroid dienone is 1. The Balaban J connectivity index is 2.73. The quantitative estimate of drug-likeness (QED) is 0.490. The van der Waals surface area contributed by atoms with Gasteiger partial charge >= 0.3 is 8.05 Å². The van der Waals surface area contributed by atoms with Crippen LogP contribution in [0.25, 0.3) is 11.3 Å². The molecule has 0 aliphatic heterocycles. The fourth-order valence-electron chi connectivity index (χ4n) is 2.15. The summed E-state index contributed by atoms with van der Waals surface area (Å²) in [5.74, 6) is 2.12. The monoisotopic (exact) mass is 282 g/mol. The van der Waals surface area contributed by atoms with Gasteiger partial charge in [0, 0.05) is 12.5 Å². The SMILES string of the molecule is [B]OC(=C(C#N)c1oc(C)nc1C)c1oc(C)c(C)c1C. The zero-order chi connectivity index (χ0) is 15.7. The van der Waals surface area contributed by atoms with E-state index in [9.17, 15) is 5.26 Å². The van der Waals surface area contributed by atoms with E-state index in [1.165, 1.54) is 0 Å². The van der Waals surface area contributed by atoms with Crippen LogP contribution in [0.2, 0.25) is 0 Å². The van der Waals surface area contributed by atoms with Crippen LogP contribution in [0.1, 0.15) is 40.0 Å². The third-order valence-corrected chi connectivity index (χ3v) is 3.48. The number of oxazole rings is 1. The van der Waals surface area contributed by atoms with Gasteiger partial charge in [-0.2, -0.15) is 5.26 Å². The van der Waals surface area contributed by atoms with Crippen molar-refractivity contribution in [2.24, 2.45) is 0 Å². The second-order valence-corrected chi connectivity index (χ2v) is 4.82. The topological polar surface area (TPSA) is 72.2 Å². The molecule has 0 amide bonds.